The van der Waals surface area contributed by atoms with Gasteiger partial charge in [-0.15, -0.1) is 0 Å². The van der Waals surface area contributed by atoms with Crippen molar-refractivity contribution in [1.82, 2.24) is 0 Å². The molecule has 1 N–H and O–H groups in total. The summed E-state index contributed by atoms with van der Waals surface area (Å²) in [5, 5.41) is 10.9. The number of rotatable bonds is 10. The van der Waals surface area contributed by atoms with E-state index < -0.39 is 17.7 Å². The second kappa shape index (κ2) is 11.1. The van der Waals surface area contributed by atoms with Crippen LogP contribution in [-0.4, -0.2) is 37.0 Å². The summed E-state index contributed by atoms with van der Waals surface area (Å²) in [4.78, 5) is 30.5. The van der Waals surface area contributed by atoms with Gasteiger partial charge in [-0.2, -0.15) is 0 Å². The minimum absolute atomic E-state index is 0.133. The van der Waals surface area contributed by atoms with Crippen LogP contribution in [0.3, 0.4) is 0 Å². The van der Waals surface area contributed by atoms with E-state index in [2.05, 4.69) is 18.7 Å². The summed E-state index contributed by atoms with van der Waals surface area (Å²) >= 11 is 0. The number of carbonyl (C=O) groups is 2. The lowest BCUT2D eigenvalue weighted by Gasteiger charge is -2.28. The molecule has 6 heteroatoms. The molecule has 186 valence electrons. The van der Waals surface area contributed by atoms with Crippen molar-refractivity contribution in [2.75, 3.05) is 30.0 Å². The molecular formula is C30H32N2O4. The van der Waals surface area contributed by atoms with Crippen molar-refractivity contribution in [3.05, 3.63) is 101 Å². The van der Waals surface area contributed by atoms with Gasteiger partial charge in [-0.1, -0.05) is 42.5 Å². The van der Waals surface area contributed by atoms with Crippen molar-refractivity contribution in [1.29, 1.82) is 0 Å². The number of Topliss-reactive ketones (excluding diaryl/α,β-unsaturated/α-hetero) is 1. The average Bonchev–Trinajstić information content (AvgIpc) is 3.19. The second-order valence-electron chi connectivity index (χ2n) is 8.71. The van der Waals surface area contributed by atoms with E-state index in [0.717, 1.165) is 29.9 Å². The molecule has 0 aliphatic carbocycles. The van der Waals surface area contributed by atoms with E-state index >= 15 is 0 Å². The minimum atomic E-state index is -0.731. The van der Waals surface area contributed by atoms with Crippen LogP contribution in [0.25, 0.3) is 0 Å². The van der Waals surface area contributed by atoms with Crippen LogP contribution >= 0.6 is 0 Å². The van der Waals surface area contributed by atoms with Crippen LogP contribution < -0.4 is 14.5 Å². The first kappa shape index (κ1) is 25.0. The molecule has 3 aromatic carbocycles. The Morgan fingerprint density at radius 2 is 1.58 bits per heavy atom. The molecule has 1 atom stereocenters. The van der Waals surface area contributed by atoms with Crippen LogP contribution in [0.1, 0.15) is 37.4 Å². The monoisotopic (exact) mass is 484 g/mol. The molecule has 1 amide bonds. The van der Waals surface area contributed by atoms with Crippen molar-refractivity contribution in [2.24, 2.45) is 0 Å². The highest BCUT2D eigenvalue weighted by Crippen LogP contribution is 2.42. The molecule has 0 bridgehead atoms. The molecule has 0 saturated heterocycles. The summed E-state index contributed by atoms with van der Waals surface area (Å²) in [5.41, 5.74) is 3.56. The molecule has 1 aliphatic heterocycles. The molecule has 1 aliphatic rings. The van der Waals surface area contributed by atoms with Gasteiger partial charge in [-0.25, -0.2) is 0 Å². The first-order chi connectivity index (χ1) is 17.5. The fourth-order valence-electron chi connectivity index (χ4n) is 4.71. The van der Waals surface area contributed by atoms with Crippen molar-refractivity contribution in [3.63, 3.8) is 0 Å². The summed E-state index contributed by atoms with van der Waals surface area (Å²) in [6, 6.07) is 23.9. The Balaban J connectivity index is 1.70. The quantitative estimate of drug-likeness (QED) is 0.403. The van der Waals surface area contributed by atoms with Crippen LogP contribution in [0, 0.1) is 0 Å². The number of aliphatic hydroxyl groups excluding tert-OH is 1. The smallest absolute Gasteiger partial charge is 0.294 e. The third-order valence-corrected chi connectivity index (χ3v) is 6.68. The third kappa shape index (κ3) is 4.98. The number of aliphatic hydroxyl groups is 1. The van der Waals surface area contributed by atoms with E-state index in [9.17, 15) is 14.7 Å². The van der Waals surface area contributed by atoms with Crippen molar-refractivity contribution in [2.45, 2.75) is 32.7 Å². The van der Waals surface area contributed by atoms with Crippen LogP contribution in [-0.2, 0) is 16.0 Å². The maximum absolute atomic E-state index is 13.5. The molecule has 36 heavy (non-hydrogen) atoms. The maximum Gasteiger partial charge on any atom is 0.294 e. The number of benzene rings is 3. The fraction of sp³-hybridized carbons (Fsp3) is 0.267. The predicted octanol–water partition coefficient (Wildman–Crippen LogP) is 5.64. The van der Waals surface area contributed by atoms with Gasteiger partial charge < -0.3 is 14.7 Å². The van der Waals surface area contributed by atoms with Crippen molar-refractivity contribution >= 4 is 23.1 Å². The molecule has 1 unspecified atom stereocenters. The number of hydrogen-bond acceptors (Lipinski definition) is 5. The summed E-state index contributed by atoms with van der Waals surface area (Å²) in [6.07, 6.45) is 0.719. The third-order valence-electron chi connectivity index (χ3n) is 6.68. The first-order valence-corrected chi connectivity index (χ1v) is 12.3. The van der Waals surface area contributed by atoms with Gasteiger partial charge in [0.1, 0.15) is 5.75 Å². The van der Waals surface area contributed by atoms with Gasteiger partial charge in [-0.3, -0.25) is 14.5 Å². The Bertz CT molecular complexity index is 1230. The van der Waals surface area contributed by atoms with E-state index in [1.807, 2.05) is 66.7 Å². The molecule has 0 spiro atoms. The van der Waals surface area contributed by atoms with Crippen molar-refractivity contribution < 1.29 is 19.4 Å². The topological polar surface area (TPSA) is 70.1 Å². The second-order valence-corrected chi connectivity index (χ2v) is 8.71. The summed E-state index contributed by atoms with van der Waals surface area (Å²) in [7, 11) is 1.59. The molecule has 6 nitrogen and oxygen atoms in total. The molecule has 0 radical (unpaired) electrons. The molecule has 0 saturated carbocycles. The zero-order valence-corrected chi connectivity index (χ0v) is 21.0. The Labute approximate surface area is 212 Å². The van der Waals surface area contributed by atoms with Crippen LogP contribution in [0.15, 0.2) is 90.2 Å². The Morgan fingerprint density at radius 3 is 2.17 bits per heavy atom. The number of aryl methyl sites for hydroxylation is 1. The van der Waals surface area contributed by atoms with Crippen LogP contribution in [0.5, 0.6) is 5.75 Å². The Hall–Kier alpha value is -4.06. The maximum atomic E-state index is 13.5. The Morgan fingerprint density at radius 1 is 0.944 bits per heavy atom. The van der Waals surface area contributed by atoms with Crippen molar-refractivity contribution in [3.8, 4) is 5.75 Å². The van der Waals surface area contributed by atoms with E-state index in [1.165, 1.54) is 4.90 Å². The predicted molar refractivity (Wildman–Crippen MR) is 143 cm³/mol. The summed E-state index contributed by atoms with van der Waals surface area (Å²) < 4.78 is 5.29. The molecule has 0 aromatic heterocycles. The summed E-state index contributed by atoms with van der Waals surface area (Å²) in [6.45, 7) is 5.93. The standard InChI is InChI=1S/C30H32N2O4/c1-4-31(5-2)23-14-16-24(17-15-23)32-28(22-12-18-25(36-3)19-13-22)27(29(34)30(32)35)26(33)20-11-21-9-7-6-8-10-21/h6-10,12-19,28,34H,4-5,11,20H2,1-3H3. The molecular weight excluding hydrogens is 452 g/mol. The van der Waals surface area contributed by atoms with Gasteiger partial charge in [0.2, 0.25) is 0 Å². The van der Waals surface area contributed by atoms with Crippen LogP contribution in [0.4, 0.5) is 11.4 Å². The highest BCUT2D eigenvalue weighted by Gasteiger charge is 2.44. The lowest BCUT2D eigenvalue weighted by molar-refractivity contribution is -0.118. The number of nitrogens with zero attached hydrogens (tertiary/aromatic N) is 2. The lowest BCUT2D eigenvalue weighted by atomic mass is 9.93. The average molecular weight is 485 g/mol. The number of anilines is 2. The number of carbonyl (C=O) groups excluding carboxylic acids is 2. The van der Waals surface area contributed by atoms with Gasteiger partial charge >= 0.3 is 0 Å². The number of hydrogen-bond donors (Lipinski definition) is 1. The number of amides is 1. The van der Waals surface area contributed by atoms with Gasteiger partial charge in [0.25, 0.3) is 5.91 Å². The SMILES string of the molecule is CCN(CC)c1ccc(N2C(=O)C(O)=C(C(=O)CCc3ccccc3)C2c2ccc(OC)cc2)cc1. The largest absolute Gasteiger partial charge is 0.503 e. The zero-order valence-electron chi connectivity index (χ0n) is 21.0. The van der Waals surface area contributed by atoms with E-state index in [0.29, 0.717) is 17.9 Å². The molecule has 4 rings (SSSR count). The van der Waals surface area contributed by atoms with E-state index in [-0.39, 0.29) is 17.8 Å². The van der Waals surface area contributed by atoms with E-state index in [4.69, 9.17) is 4.74 Å². The normalized spacial score (nSPS) is 15.4. The van der Waals surface area contributed by atoms with E-state index in [1.54, 1.807) is 19.2 Å². The Kier molecular flexibility index (Phi) is 7.74. The number of ether oxygens (including phenoxy) is 1. The first-order valence-electron chi connectivity index (χ1n) is 12.3. The molecule has 3 aromatic rings. The number of ketones is 1. The fourth-order valence-corrected chi connectivity index (χ4v) is 4.71. The van der Waals surface area contributed by atoms with Gasteiger partial charge in [0.15, 0.2) is 11.5 Å². The summed E-state index contributed by atoms with van der Waals surface area (Å²) in [5.74, 6) is -0.632. The van der Waals surface area contributed by atoms with Gasteiger partial charge in [0.05, 0.1) is 18.7 Å². The van der Waals surface area contributed by atoms with Gasteiger partial charge in [0, 0.05) is 30.9 Å². The highest BCUT2D eigenvalue weighted by atomic mass is 16.5. The minimum Gasteiger partial charge on any atom is -0.503 e. The molecule has 0 fully saturated rings. The van der Waals surface area contributed by atoms with Gasteiger partial charge in [-0.05, 0) is 67.8 Å². The number of methoxy groups -OCH3 is 1. The highest BCUT2D eigenvalue weighted by molar-refractivity contribution is 6.16. The van der Waals surface area contributed by atoms with Crippen LogP contribution in [0.2, 0.25) is 0 Å². The lowest BCUT2D eigenvalue weighted by Crippen LogP contribution is -2.31. The molecule has 1 heterocycles. The zero-order chi connectivity index (χ0) is 25.7.